The molecule has 1 aliphatic heterocycles. The molecule has 210 valence electrons. The van der Waals surface area contributed by atoms with Crippen molar-refractivity contribution in [1.29, 1.82) is 0 Å². The molecule has 0 atom stereocenters. The minimum Gasteiger partial charge on any atom is -0.494 e. The lowest BCUT2D eigenvalue weighted by molar-refractivity contribution is -0.150. The van der Waals surface area contributed by atoms with Gasteiger partial charge in [0.25, 0.3) is 0 Å². The minimum atomic E-state index is 0.296. The fourth-order valence-corrected chi connectivity index (χ4v) is 4.34. The van der Waals surface area contributed by atoms with E-state index >= 15 is 0 Å². The second-order valence-corrected chi connectivity index (χ2v) is 10.4. The normalized spacial score (nSPS) is 14.1. The molecular weight excluding hydrogens is 476 g/mol. The molecule has 5 nitrogen and oxygen atoms in total. The van der Waals surface area contributed by atoms with Crippen molar-refractivity contribution in [3.05, 3.63) is 66.2 Å². The first-order chi connectivity index (χ1) is 18.7. The van der Waals surface area contributed by atoms with Gasteiger partial charge in [0, 0.05) is 18.6 Å². The average molecular weight is 525 g/mol. The van der Waals surface area contributed by atoms with Crippen molar-refractivity contribution in [2.75, 3.05) is 46.2 Å². The summed E-state index contributed by atoms with van der Waals surface area (Å²) < 4.78 is 28.8. The summed E-state index contributed by atoms with van der Waals surface area (Å²) in [6, 6.07) is 16.3. The lowest BCUT2D eigenvalue weighted by atomic mass is 9.84. The minimum absolute atomic E-state index is 0.296. The smallest absolute Gasteiger partial charge is 0.119 e. The van der Waals surface area contributed by atoms with E-state index in [9.17, 15) is 0 Å². The van der Waals surface area contributed by atoms with Gasteiger partial charge in [0.1, 0.15) is 11.5 Å². The lowest BCUT2D eigenvalue weighted by Gasteiger charge is -2.40. The van der Waals surface area contributed by atoms with Crippen LogP contribution in [0.25, 0.3) is 6.08 Å². The molecule has 2 aromatic rings. The van der Waals surface area contributed by atoms with Crippen LogP contribution < -0.4 is 9.47 Å². The summed E-state index contributed by atoms with van der Waals surface area (Å²) in [4.78, 5) is 0. The van der Waals surface area contributed by atoms with Crippen LogP contribution in [0.4, 0.5) is 0 Å². The predicted molar refractivity (Wildman–Crippen MR) is 155 cm³/mol. The van der Waals surface area contributed by atoms with Crippen molar-refractivity contribution >= 4 is 6.08 Å². The van der Waals surface area contributed by atoms with Crippen LogP contribution in [-0.2, 0) is 20.8 Å². The molecule has 1 aliphatic rings. The highest BCUT2D eigenvalue weighted by atomic mass is 16.5. The van der Waals surface area contributed by atoms with Crippen LogP contribution in [0.5, 0.6) is 11.5 Å². The number of benzene rings is 2. The van der Waals surface area contributed by atoms with Crippen LogP contribution in [0.1, 0.15) is 75.8 Å². The van der Waals surface area contributed by atoms with Crippen molar-refractivity contribution in [3.8, 4) is 11.5 Å². The van der Waals surface area contributed by atoms with Gasteiger partial charge in [0.15, 0.2) is 0 Å². The molecule has 1 fully saturated rings. The van der Waals surface area contributed by atoms with E-state index in [1.165, 1.54) is 18.4 Å². The monoisotopic (exact) mass is 524 g/mol. The second-order valence-electron chi connectivity index (χ2n) is 10.4. The van der Waals surface area contributed by atoms with Gasteiger partial charge >= 0.3 is 0 Å². The maximum absolute atomic E-state index is 5.88. The van der Waals surface area contributed by atoms with Gasteiger partial charge in [-0.2, -0.15) is 0 Å². The first-order valence-electron chi connectivity index (χ1n) is 14.5. The number of rotatable bonds is 22. The van der Waals surface area contributed by atoms with Crippen LogP contribution in [0, 0.1) is 5.41 Å². The first-order valence-corrected chi connectivity index (χ1v) is 14.5. The Morgan fingerprint density at radius 3 is 1.71 bits per heavy atom. The number of hydrogen-bond acceptors (Lipinski definition) is 5. The van der Waals surface area contributed by atoms with E-state index in [1.807, 2.05) is 30.3 Å². The molecule has 0 spiro atoms. The maximum Gasteiger partial charge on any atom is 0.119 e. The fraction of sp³-hybridized carbons (Fsp3) is 0.576. The molecule has 0 bridgehead atoms. The van der Waals surface area contributed by atoms with Gasteiger partial charge in [0.2, 0.25) is 0 Å². The maximum atomic E-state index is 5.88. The SMILES string of the molecule is C=Cc1ccc(COCCCCCCOc2ccc(OCCCCCCOCC3(CC)COC3)cc2)cc1. The molecule has 38 heavy (non-hydrogen) atoms. The lowest BCUT2D eigenvalue weighted by Crippen LogP contribution is -2.45. The molecule has 3 rings (SSSR count). The second kappa shape index (κ2) is 18.0. The highest BCUT2D eigenvalue weighted by Gasteiger charge is 2.36. The molecule has 1 heterocycles. The molecule has 5 heteroatoms. The summed E-state index contributed by atoms with van der Waals surface area (Å²) in [6.07, 6.45) is 12.0. The van der Waals surface area contributed by atoms with E-state index < -0.39 is 0 Å². The van der Waals surface area contributed by atoms with Crippen LogP contribution in [-0.4, -0.2) is 46.2 Å². The van der Waals surface area contributed by atoms with E-state index in [-0.39, 0.29) is 0 Å². The van der Waals surface area contributed by atoms with Crippen molar-refractivity contribution in [2.24, 2.45) is 5.41 Å². The summed E-state index contributed by atoms with van der Waals surface area (Å²) >= 11 is 0. The third-order valence-corrected chi connectivity index (χ3v) is 7.19. The van der Waals surface area contributed by atoms with Crippen molar-refractivity contribution in [3.63, 3.8) is 0 Å². The van der Waals surface area contributed by atoms with Crippen LogP contribution in [0.2, 0.25) is 0 Å². The van der Waals surface area contributed by atoms with Crippen molar-refractivity contribution < 1.29 is 23.7 Å². The van der Waals surface area contributed by atoms with E-state index in [2.05, 4.69) is 37.8 Å². The molecule has 0 aromatic heterocycles. The molecular formula is C33H48O5. The third-order valence-electron chi connectivity index (χ3n) is 7.19. The van der Waals surface area contributed by atoms with Gasteiger partial charge in [-0.15, -0.1) is 0 Å². The molecule has 0 unspecified atom stereocenters. The van der Waals surface area contributed by atoms with E-state index in [1.54, 1.807) is 0 Å². The summed E-state index contributed by atoms with van der Waals surface area (Å²) in [5.74, 6) is 1.81. The Labute approximate surface area is 230 Å². The van der Waals surface area contributed by atoms with Gasteiger partial charge in [-0.1, -0.05) is 56.7 Å². The summed E-state index contributed by atoms with van der Waals surface area (Å²) in [5, 5.41) is 0. The predicted octanol–water partition coefficient (Wildman–Crippen LogP) is 7.87. The Morgan fingerprint density at radius 1 is 0.711 bits per heavy atom. The Hall–Kier alpha value is -2.34. The quantitative estimate of drug-likeness (QED) is 0.147. The molecule has 0 radical (unpaired) electrons. The number of ether oxygens (including phenoxy) is 5. The summed E-state index contributed by atoms with van der Waals surface area (Å²) in [6.45, 7) is 12.4. The third kappa shape index (κ3) is 11.6. The van der Waals surface area contributed by atoms with Gasteiger partial charge in [0.05, 0.1) is 39.6 Å². The van der Waals surface area contributed by atoms with Gasteiger partial charge < -0.3 is 23.7 Å². The molecule has 0 amide bonds. The van der Waals surface area contributed by atoms with Crippen molar-refractivity contribution in [2.45, 2.75) is 71.3 Å². The summed E-state index contributed by atoms with van der Waals surface area (Å²) in [5.41, 5.74) is 2.64. The molecule has 0 saturated carbocycles. The van der Waals surface area contributed by atoms with Crippen LogP contribution >= 0.6 is 0 Å². The zero-order valence-corrected chi connectivity index (χ0v) is 23.5. The van der Waals surface area contributed by atoms with Gasteiger partial charge in [-0.25, -0.2) is 0 Å². The van der Waals surface area contributed by atoms with E-state index in [4.69, 9.17) is 23.7 Å². The first kappa shape index (κ1) is 30.2. The Bertz CT molecular complexity index is 868. The Balaban J connectivity index is 1.09. The van der Waals surface area contributed by atoms with Gasteiger partial charge in [-0.3, -0.25) is 0 Å². The molecule has 2 aromatic carbocycles. The van der Waals surface area contributed by atoms with Crippen LogP contribution in [0.3, 0.4) is 0 Å². The standard InChI is InChI=1S/C33H48O5/c1-3-29-13-15-30(16-14-29)25-34-21-9-5-7-11-23-37-31-17-19-32(20-18-31)38-24-12-8-6-10-22-35-26-33(4-2)27-36-28-33/h3,13-20H,1,4-12,21-28H2,2H3. The van der Waals surface area contributed by atoms with E-state index in [0.717, 1.165) is 108 Å². The van der Waals surface area contributed by atoms with E-state index in [0.29, 0.717) is 12.0 Å². The highest BCUT2D eigenvalue weighted by molar-refractivity contribution is 5.47. The Kier molecular flexibility index (Phi) is 14.3. The largest absolute Gasteiger partial charge is 0.494 e. The zero-order chi connectivity index (χ0) is 26.7. The zero-order valence-electron chi connectivity index (χ0n) is 23.5. The molecule has 1 saturated heterocycles. The van der Waals surface area contributed by atoms with Crippen LogP contribution in [0.15, 0.2) is 55.1 Å². The van der Waals surface area contributed by atoms with Gasteiger partial charge in [-0.05, 0) is 80.3 Å². The topological polar surface area (TPSA) is 46.2 Å². The Morgan fingerprint density at radius 2 is 1.24 bits per heavy atom. The highest BCUT2D eigenvalue weighted by Crippen LogP contribution is 2.31. The van der Waals surface area contributed by atoms with Crippen molar-refractivity contribution in [1.82, 2.24) is 0 Å². The number of unbranched alkanes of at least 4 members (excludes halogenated alkanes) is 6. The average Bonchev–Trinajstić information content (AvgIpc) is 2.93. The molecule has 0 aliphatic carbocycles. The number of hydrogen-bond donors (Lipinski definition) is 0. The fourth-order valence-electron chi connectivity index (χ4n) is 4.34. The summed E-state index contributed by atoms with van der Waals surface area (Å²) in [7, 11) is 0. The molecule has 0 N–H and O–H groups in total.